The van der Waals surface area contributed by atoms with Gasteiger partial charge in [-0.3, -0.25) is 0 Å². The maximum absolute atomic E-state index is 2.36. The first-order valence-corrected chi connectivity index (χ1v) is 22.7. The molecule has 0 nitrogen and oxygen atoms in total. The van der Waals surface area contributed by atoms with Gasteiger partial charge in [-0.05, 0) is 122 Å². The zero-order valence-corrected chi connectivity index (χ0v) is 36.6. The summed E-state index contributed by atoms with van der Waals surface area (Å²) in [7, 11) is 0. The molecule has 0 bridgehead atoms. The van der Waals surface area contributed by atoms with Gasteiger partial charge in [0.05, 0.1) is 0 Å². The van der Waals surface area contributed by atoms with Crippen molar-refractivity contribution < 1.29 is 0 Å². The SMILES string of the molecule is C(=Cc1c2ccccc2c(C=Cc2ccccc2/C=C(\c2ccccc2)c2cccc3ccccc23)c2ccccc12)c1ccccc1/C=C(\c1ccccc1)c1cccc2ccccc12. The van der Waals surface area contributed by atoms with Crippen molar-refractivity contribution in [1.82, 2.24) is 0 Å². The Bertz CT molecular complexity index is 3360. The van der Waals surface area contributed by atoms with Crippen molar-refractivity contribution in [3.63, 3.8) is 0 Å². The van der Waals surface area contributed by atoms with E-state index in [4.69, 9.17) is 0 Å². The molecule has 0 saturated carbocycles. The van der Waals surface area contributed by atoms with Gasteiger partial charge in [0.2, 0.25) is 0 Å². The molecule has 0 spiro atoms. The van der Waals surface area contributed by atoms with Gasteiger partial charge in [0, 0.05) is 0 Å². The van der Waals surface area contributed by atoms with Crippen LogP contribution in [0.15, 0.2) is 243 Å². The summed E-state index contributed by atoms with van der Waals surface area (Å²) in [5, 5.41) is 9.83. The van der Waals surface area contributed by atoms with E-state index >= 15 is 0 Å². The lowest BCUT2D eigenvalue weighted by atomic mass is 9.89. The minimum atomic E-state index is 1.16. The lowest BCUT2D eigenvalue weighted by Gasteiger charge is -2.15. The lowest BCUT2D eigenvalue weighted by molar-refractivity contribution is 1.57. The minimum Gasteiger partial charge on any atom is -0.0622 e. The molecule has 11 rings (SSSR count). The Morgan fingerprint density at radius 1 is 0.227 bits per heavy atom. The van der Waals surface area contributed by atoms with Crippen LogP contribution in [-0.2, 0) is 0 Å². The van der Waals surface area contributed by atoms with Crippen LogP contribution in [0.2, 0.25) is 0 Å². The second-order valence-electron chi connectivity index (χ2n) is 16.7. The monoisotopic (exact) mass is 838 g/mol. The van der Waals surface area contributed by atoms with E-state index in [-0.39, 0.29) is 0 Å². The van der Waals surface area contributed by atoms with Crippen LogP contribution in [0.4, 0.5) is 0 Å². The van der Waals surface area contributed by atoms with Crippen LogP contribution >= 0.6 is 0 Å². The first-order valence-electron chi connectivity index (χ1n) is 22.7. The van der Waals surface area contributed by atoms with E-state index < -0.39 is 0 Å². The highest BCUT2D eigenvalue weighted by atomic mass is 14.2. The Labute approximate surface area is 387 Å². The Morgan fingerprint density at radius 2 is 0.530 bits per heavy atom. The molecule has 0 amide bonds. The summed E-state index contributed by atoms with van der Waals surface area (Å²) in [5.41, 5.74) is 14.3. The van der Waals surface area contributed by atoms with E-state index in [0.29, 0.717) is 0 Å². The van der Waals surface area contributed by atoms with E-state index in [1.807, 2.05) is 0 Å². The first-order chi connectivity index (χ1) is 32.8. The van der Waals surface area contributed by atoms with Gasteiger partial charge in [0.15, 0.2) is 0 Å². The van der Waals surface area contributed by atoms with Crippen molar-refractivity contribution in [3.05, 3.63) is 298 Å². The van der Waals surface area contributed by atoms with E-state index in [1.54, 1.807) is 0 Å². The second kappa shape index (κ2) is 18.3. The summed E-state index contributed by atoms with van der Waals surface area (Å²) in [6.45, 7) is 0. The highest BCUT2D eigenvalue weighted by molar-refractivity contribution is 6.15. The molecule has 0 aromatic heterocycles. The van der Waals surface area contributed by atoms with E-state index in [1.165, 1.54) is 87.6 Å². The molecular formula is C66H46. The average molecular weight is 839 g/mol. The molecular weight excluding hydrogens is 793 g/mol. The fourth-order valence-corrected chi connectivity index (χ4v) is 9.59. The number of hydrogen-bond acceptors (Lipinski definition) is 0. The Hall–Kier alpha value is -8.58. The quantitative estimate of drug-likeness (QED) is 0.0951. The molecule has 0 aliphatic heterocycles. The average Bonchev–Trinajstić information content (AvgIpc) is 3.39. The van der Waals surface area contributed by atoms with Gasteiger partial charge in [-0.1, -0.05) is 267 Å². The molecule has 0 aliphatic rings. The third-order valence-corrected chi connectivity index (χ3v) is 12.8. The zero-order chi connectivity index (χ0) is 44.1. The standard InChI is InChI=1S/C66H46/c1-3-23-51(24-4-1)65(57-39-19-31-49-27-11-13-33-55(49)57)45-53-29-9-7-21-47(53)41-43-63-59-35-15-17-37-61(59)64(62-38-18-16-36-60(62)63)44-42-48-22-8-10-30-54(48)46-66(52-25-5-2-6-26-52)58-40-20-32-50-28-12-14-34-56(50)58/h1-46H/b43-41?,44-42?,65-45+,66-46+. The summed E-state index contributed by atoms with van der Waals surface area (Å²) in [6, 6.07) is 87.3. The summed E-state index contributed by atoms with van der Waals surface area (Å²) in [5.74, 6) is 0. The minimum absolute atomic E-state index is 1.16. The third-order valence-electron chi connectivity index (χ3n) is 12.8. The van der Waals surface area contributed by atoms with Gasteiger partial charge in [-0.15, -0.1) is 0 Å². The van der Waals surface area contributed by atoms with Gasteiger partial charge in [-0.25, -0.2) is 0 Å². The topological polar surface area (TPSA) is 0 Å². The van der Waals surface area contributed by atoms with Crippen LogP contribution in [0.1, 0.15) is 55.6 Å². The maximum Gasteiger partial charge on any atom is -0.00987 e. The van der Waals surface area contributed by atoms with Crippen LogP contribution < -0.4 is 0 Å². The fraction of sp³-hybridized carbons (Fsp3) is 0. The van der Waals surface area contributed by atoms with Crippen molar-refractivity contribution in [2.75, 3.05) is 0 Å². The molecule has 0 aliphatic carbocycles. The van der Waals surface area contributed by atoms with Crippen molar-refractivity contribution >= 4 is 90.7 Å². The smallest absolute Gasteiger partial charge is 0.00987 e. The van der Waals surface area contributed by atoms with Gasteiger partial charge in [0.1, 0.15) is 0 Å². The molecule has 0 atom stereocenters. The molecule has 0 heterocycles. The molecule has 310 valence electrons. The molecule has 0 unspecified atom stereocenters. The molecule has 11 aromatic carbocycles. The van der Waals surface area contributed by atoms with Crippen LogP contribution in [0.25, 0.3) is 90.7 Å². The molecule has 0 radical (unpaired) electrons. The molecule has 0 N–H and O–H groups in total. The predicted octanol–water partition coefficient (Wildman–Crippen LogP) is 17.8. The lowest BCUT2D eigenvalue weighted by Crippen LogP contribution is -1.92. The predicted molar refractivity (Wildman–Crippen MR) is 287 cm³/mol. The van der Waals surface area contributed by atoms with Crippen LogP contribution in [0.3, 0.4) is 0 Å². The normalized spacial score (nSPS) is 12.3. The number of fused-ring (bicyclic) bond motifs is 4. The largest absolute Gasteiger partial charge is 0.0622 e. The second-order valence-corrected chi connectivity index (χ2v) is 16.7. The van der Waals surface area contributed by atoms with Gasteiger partial charge < -0.3 is 0 Å². The van der Waals surface area contributed by atoms with Crippen LogP contribution in [0.5, 0.6) is 0 Å². The van der Waals surface area contributed by atoms with Gasteiger partial charge in [-0.2, -0.15) is 0 Å². The fourth-order valence-electron chi connectivity index (χ4n) is 9.59. The van der Waals surface area contributed by atoms with Gasteiger partial charge in [0.25, 0.3) is 0 Å². The third kappa shape index (κ3) is 7.98. The van der Waals surface area contributed by atoms with Crippen LogP contribution in [0, 0.1) is 0 Å². The number of benzene rings is 11. The van der Waals surface area contributed by atoms with Crippen LogP contribution in [-0.4, -0.2) is 0 Å². The Kier molecular flexibility index (Phi) is 11.1. The molecule has 11 aromatic rings. The highest BCUT2D eigenvalue weighted by Gasteiger charge is 2.14. The van der Waals surface area contributed by atoms with Crippen molar-refractivity contribution in [2.24, 2.45) is 0 Å². The molecule has 0 fully saturated rings. The highest BCUT2D eigenvalue weighted by Crippen LogP contribution is 2.38. The summed E-state index contributed by atoms with van der Waals surface area (Å²) in [4.78, 5) is 0. The zero-order valence-electron chi connectivity index (χ0n) is 36.6. The van der Waals surface area contributed by atoms with E-state index in [9.17, 15) is 0 Å². The molecule has 66 heavy (non-hydrogen) atoms. The maximum atomic E-state index is 2.36. The first kappa shape index (κ1) is 40.2. The molecule has 0 heteroatoms. The van der Waals surface area contributed by atoms with E-state index in [0.717, 1.165) is 22.3 Å². The summed E-state index contributed by atoms with van der Waals surface area (Å²) < 4.78 is 0. The van der Waals surface area contributed by atoms with Gasteiger partial charge >= 0.3 is 0 Å². The summed E-state index contributed by atoms with van der Waals surface area (Å²) >= 11 is 0. The summed E-state index contributed by atoms with van der Waals surface area (Å²) in [6.07, 6.45) is 14.0. The van der Waals surface area contributed by atoms with Crippen molar-refractivity contribution in [3.8, 4) is 0 Å². The number of hydrogen-bond donors (Lipinski definition) is 0. The van der Waals surface area contributed by atoms with Crippen molar-refractivity contribution in [2.45, 2.75) is 0 Å². The van der Waals surface area contributed by atoms with Crippen molar-refractivity contribution in [1.29, 1.82) is 0 Å². The Balaban J connectivity index is 1.01. The molecule has 0 saturated heterocycles. The Morgan fingerprint density at radius 3 is 0.924 bits per heavy atom. The van der Waals surface area contributed by atoms with E-state index in [2.05, 4.69) is 279 Å². The number of rotatable bonds is 10.